The number of rotatable bonds is 3. The van der Waals surface area contributed by atoms with E-state index in [4.69, 9.17) is 0 Å². The Morgan fingerprint density at radius 1 is 1.33 bits per heavy atom. The molecular weight excluding hydrogens is 316 g/mol. The lowest BCUT2D eigenvalue weighted by atomic mass is 10.3. The smallest absolute Gasteiger partial charge is 0.258 e. The van der Waals surface area contributed by atoms with E-state index in [2.05, 4.69) is 20.9 Å². The maximum Gasteiger partial charge on any atom is 0.269 e. The summed E-state index contributed by atoms with van der Waals surface area (Å²) in [5.74, 6) is 0. The van der Waals surface area contributed by atoms with E-state index >= 15 is 0 Å². The van der Waals surface area contributed by atoms with Gasteiger partial charge in [0.15, 0.2) is 0 Å². The van der Waals surface area contributed by atoms with Crippen molar-refractivity contribution in [1.82, 2.24) is 4.98 Å². The molecule has 0 bridgehead atoms. The van der Waals surface area contributed by atoms with Gasteiger partial charge in [0.2, 0.25) is 0 Å². The summed E-state index contributed by atoms with van der Waals surface area (Å²) in [6.07, 6.45) is 1.75. The second-order valence-electron chi connectivity index (χ2n) is 3.62. The Hall–Kier alpha value is -1.40. The standard InChI is InChI=1S/C12H9BrN2O2S/c1-8-6-12(14-7-11(8)13)18-10-4-2-9(3-5-10)15(16)17/h2-7H,1H3. The second-order valence-corrected chi connectivity index (χ2v) is 5.57. The van der Waals surface area contributed by atoms with Crippen molar-refractivity contribution in [3.63, 3.8) is 0 Å². The molecule has 1 aromatic heterocycles. The summed E-state index contributed by atoms with van der Waals surface area (Å²) in [5.41, 5.74) is 1.20. The fourth-order valence-electron chi connectivity index (χ4n) is 1.33. The average Bonchev–Trinajstić information content (AvgIpc) is 2.34. The van der Waals surface area contributed by atoms with Gasteiger partial charge in [0.1, 0.15) is 5.03 Å². The first-order valence-electron chi connectivity index (χ1n) is 5.11. The molecule has 0 saturated carbocycles. The number of nitro benzene ring substituents is 1. The molecule has 0 spiro atoms. The highest BCUT2D eigenvalue weighted by atomic mass is 79.9. The summed E-state index contributed by atoms with van der Waals surface area (Å²) < 4.78 is 0.968. The van der Waals surface area contributed by atoms with E-state index in [1.54, 1.807) is 18.3 Å². The molecule has 0 aliphatic heterocycles. The fourth-order valence-corrected chi connectivity index (χ4v) is 2.40. The van der Waals surface area contributed by atoms with Crippen LogP contribution < -0.4 is 0 Å². The van der Waals surface area contributed by atoms with Crippen molar-refractivity contribution in [3.05, 3.63) is 56.7 Å². The molecule has 2 aromatic rings. The molecule has 1 aromatic carbocycles. The van der Waals surface area contributed by atoms with E-state index in [1.165, 1.54) is 23.9 Å². The van der Waals surface area contributed by atoms with Crippen molar-refractivity contribution in [2.75, 3.05) is 0 Å². The minimum Gasteiger partial charge on any atom is -0.258 e. The molecule has 0 unspecified atom stereocenters. The normalized spacial score (nSPS) is 10.3. The van der Waals surface area contributed by atoms with Crippen LogP contribution in [0.25, 0.3) is 0 Å². The Labute approximate surface area is 117 Å². The molecule has 2 rings (SSSR count). The number of pyridine rings is 1. The highest BCUT2D eigenvalue weighted by Gasteiger charge is 2.06. The van der Waals surface area contributed by atoms with Gasteiger partial charge in [-0.15, -0.1) is 0 Å². The first kappa shape index (κ1) is 13.0. The van der Waals surface area contributed by atoms with Crippen LogP contribution in [0.4, 0.5) is 5.69 Å². The summed E-state index contributed by atoms with van der Waals surface area (Å²) >= 11 is 4.87. The van der Waals surface area contributed by atoms with E-state index < -0.39 is 4.92 Å². The van der Waals surface area contributed by atoms with E-state index in [0.717, 1.165) is 20.0 Å². The third kappa shape index (κ3) is 3.08. The number of nitrogens with zero attached hydrogens (tertiary/aromatic N) is 2. The lowest BCUT2D eigenvalue weighted by molar-refractivity contribution is -0.384. The Morgan fingerprint density at radius 2 is 2.00 bits per heavy atom. The zero-order chi connectivity index (χ0) is 13.1. The number of non-ortho nitro benzene ring substituents is 1. The van der Waals surface area contributed by atoms with Gasteiger partial charge in [0, 0.05) is 27.7 Å². The van der Waals surface area contributed by atoms with Crippen LogP contribution in [0.5, 0.6) is 0 Å². The molecule has 0 fully saturated rings. The number of aromatic nitrogens is 1. The van der Waals surface area contributed by atoms with Crippen molar-refractivity contribution >= 4 is 33.4 Å². The Bertz CT molecular complexity index is 587. The van der Waals surface area contributed by atoms with Crippen molar-refractivity contribution in [3.8, 4) is 0 Å². The van der Waals surface area contributed by atoms with Crippen LogP contribution in [-0.4, -0.2) is 9.91 Å². The van der Waals surface area contributed by atoms with Gasteiger partial charge in [-0.2, -0.15) is 0 Å². The predicted octanol–water partition coefficient (Wildman–Crippen LogP) is 4.21. The molecule has 6 heteroatoms. The van der Waals surface area contributed by atoms with E-state index in [1.807, 2.05) is 13.0 Å². The van der Waals surface area contributed by atoms with Gasteiger partial charge in [-0.25, -0.2) is 4.98 Å². The van der Waals surface area contributed by atoms with Crippen molar-refractivity contribution in [2.24, 2.45) is 0 Å². The van der Waals surface area contributed by atoms with Crippen LogP contribution in [0.1, 0.15) is 5.56 Å². The van der Waals surface area contributed by atoms with Crippen molar-refractivity contribution in [2.45, 2.75) is 16.8 Å². The van der Waals surface area contributed by atoms with Crippen LogP contribution in [-0.2, 0) is 0 Å². The van der Waals surface area contributed by atoms with Crippen molar-refractivity contribution < 1.29 is 4.92 Å². The van der Waals surface area contributed by atoms with E-state index in [9.17, 15) is 10.1 Å². The number of hydrogen-bond donors (Lipinski definition) is 0. The SMILES string of the molecule is Cc1cc(Sc2ccc([N+](=O)[O-])cc2)ncc1Br. The molecule has 0 radical (unpaired) electrons. The molecule has 0 aliphatic carbocycles. The van der Waals surface area contributed by atoms with Gasteiger partial charge >= 0.3 is 0 Å². The number of benzene rings is 1. The minimum absolute atomic E-state index is 0.0966. The van der Waals surface area contributed by atoms with Gasteiger partial charge in [-0.05, 0) is 46.6 Å². The van der Waals surface area contributed by atoms with Gasteiger partial charge in [0.05, 0.1) is 4.92 Å². The largest absolute Gasteiger partial charge is 0.269 e. The lowest BCUT2D eigenvalue weighted by Gasteiger charge is -2.03. The number of nitro groups is 1. The molecule has 0 saturated heterocycles. The number of aryl methyl sites for hydroxylation is 1. The molecule has 4 nitrogen and oxygen atoms in total. The van der Waals surface area contributed by atoms with Crippen LogP contribution in [0, 0.1) is 17.0 Å². The Morgan fingerprint density at radius 3 is 2.56 bits per heavy atom. The molecule has 1 heterocycles. The molecule has 0 atom stereocenters. The van der Waals surface area contributed by atoms with Crippen LogP contribution >= 0.6 is 27.7 Å². The Kier molecular flexibility index (Phi) is 3.98. The van der Waals surface area contributed by atoms with E-state index in [0.29, 0.717) is 0 Å². The maximum absolute atomic E-state index is 10.5. The fraction of sp³-hybridized carbons (Fsp3) is 0.0833. The van der Waals surface area contributed by atoms with E-state index in [-0.39, 0.29) is 5.69 Å². The van der Waals surface area contributed by atoms with Crippen LogP contribution in [0.2, 0.25) is 0 Å². The molecule has 0 aliphatic rings. The first-order chi connectivity index (χ1) is 8.56. The van der Waals surface area contributed by atoms with Gasteiger partial charge in [-0.1, -0.05) is 11.8 Å². The zero-order valence-electron chi connectivity index (χ0n) is 9.46. The second kappa shape index (κ2) is 5.49. The maximum atomic E-state index is 10.5. The van der Waals surface area contributed by atoms with Gasteiger partial charge in [-0.3, -0.25) is 10.1 Å². The van der Waals surface area contributed by atoms with Gasteiger partial charge < -0.3 is 0 Å². The molecule has 18 heavy (non-hydrogen) atoms. The predicted molar refractivity (Wildman–Crippen MR) is 73.9 cm³/mol. The third-order valence-electron chi connectivity index (χ3n) is 2.29. The first-order valence-corrected chi connectivity index (χ1v) is 6.71. The quantitative estimate of drug-likeness (QED) is 0.626. The van der Waals surface area contributed by atoms with Crippen molar-refractivity contribution in [1.29, 1.82) is 0 Å². The summed E-state index contributed by atoms with van der Waals surface area (Å²) in [7, 11) is 0. The Balaban J connectivity index is 2.18. The highest BCUT2D eigenvalue weighted by Crippen LogP contribution is 2.29. The molecule has 0 amide bonds. The monoisotopic (exact) mass is 324 g/mol. The van der Waals surface area contributed by atoms with Gasteiger partial charge in [0.25, 0.3) is 5.69 Å². The summed E-state index contributed by atoms with van der Waals surface area (Å²) in [6, 6.07) is 8.40. The third-order valence-corrected chi connectivity index (χ3v) is 4.06. The minimum atomic E-state index is -0.406. The van der Waals surface area contributed by atoms with Crippen LogP contribution in [0.3, 0.4) is 0 Å². The lowest BCUT2D eigenvalue weighted by Crippen LogP contribution is -1.87. The highest BCUT2D eigenvalue weighted by molar-refractivity contribution is 9.10. The zero-order valence-corrected chi connectivity index (χ0v) is 11.9. The average molecular weight is 325 g/mol. The number of halogens is 1. The van der Waals surface area contributed by atoms with Crippen LogP contribution in [0.15, 0.2) is 50.9 Å². The topological polar surface area (TPSA) is 56.0 Å². The summed E-state index contributed by atoms with van der Waals surface area (Å²) in [4.78, 5) is 15.3. The summed E-state index contributed by atoms with van der Waals surface area (Å²) in [5, 5.41) is 11.4. The molecular formula is C12H9BrN2O2S. The molecule has 92 valence electrons. The molecule has 0 N–H and O–H groups in total. The number of hydrogen-bond acceptors (Lipinski definition) is 4. The summed E-state index contributed by atoms with van der Waals surface area (Å²) in [6.45, 7) is 1.99.